The molecule has 0 unspecified atom stereocenters. The van der Waals surface area contributed by atoms with Gasteiger partial charge in [-0.25, -0.2) is 9.78 Å². The monoisotopic (exact) mass is 449 g/mol. The van der Waals surface area contributed by atoms with Crippen LogP contribution in [-0.2, 0) is 0 Å². The molecule has 6 nitrogen and oxygen atoms in total. The molecule has 0 radical (unpaired) electrons. The van der Waals surface area contributed by atoms with Crippen molar-refractivity contribution < 1.29 is 23.8 Å². The van der Waals surface area contributed by atoms with Gasteiger partial charge in [0.2, 0.25) is 5.89 Å². The van der Waals surface area contributed by atoms with Crippen molar-refractivity contribution in [2.75, 3.05) is 0 Å². The van der Waals surface area contributed by atoms with Gasteiger partial charge in [0, 0.05) is 17.2 Å². The molecule has 1 N–H and O–H groups in total. The number of hydrogen-bond donors (Lipinski definition) is 1. The van der Waals surface area contributed by atoms with Crippen molar-refractivity contribution in [3.8, 4) is 23.0 Å². The predicted molar refractivity (Wildman–Crippen MR) is 127 cm³/mol. The lowest BCUT2D eigenvalue weighted by Gasteiger charge is -2.08. The molecule has 0 saturated carbocycles. The lowest BCUT2D eigenvalue weighted by atomic mass is 10.0. The SMILES string of the molecule is Cc1ccc(-c2nc3cc(C(=O)Oc4ccc(C(=O)c5ccccc5)c(O)c4)ccc3o2)cc1. The van der Waals surface area contributed by atoms with Crippen LogP contribution in [-0.4, -0.2) is 21.8 Å². The van der Waals surface area contributed by atoms with E-state index in [1.54, 1.807) is 48.5 Å². The van der Waals surface area contributed by atoms with Gasteiger partial charge in [-0.15, -0.1) is 0 Å². The summed E-state index contributed by atoms with van der Waals surface area (Å²) in [6.07, 6.45) is 0. The Hall–Kier alpha value is -4.71. The van der Waals surface area contributed by atoms with E-state index in [-0.39, 0.29) is 28.4 Å². The van der Waals surface area contributed by atoms with E-state index in [2.05, 4.69) is 4.98 Å². The zero-order valence-electron chi connectivity index (χ0n) is 18.2. The Balaban J connectivity index is 1.35. The Morgan fingerprint density at radius 1 is 0.853 bits per heavy atom. The Morgan fingerprint density at radius 3 is 2.35 bits per heavy atom. The summed E-state index contributed by atoms with van der Waals surface area (Å²) in [4.78, 5) is 29.8. The number of carbonyl (C=O) groups excluding carboxylic acids is 2. The van der Waals surface area contributed by atoms with Gasteiger partial charge in [-0.05, 0) is 49.4 Å². The number of esters is 1. The first-order valence-electron chi connectivity index (χ1n) is 10.6. The van der Waals surface area contributed by atoms with Crippen molar-refractivity contribution >= 4 is 22.9 Å². The van der Waals surface area contributed by atoms with Gasteiger partial charge < -0.3 is 14.3 Å². The van der Waals surface area contributed by atoms with Crippen LogP contribution < -0.4 is 4.74 Å². The summed E-state index contributed by atoms with van der Waals surface area (Å²) in [5.74, 6) is -0.633. The molecule has 0 aliphatic heterocycles. The highest BCUT2D eigenvalue weighted by Crippen LogP contribution is 2.28. The van der Waals surface area contributed by atoms with Gasteiger partial charge in [0.15, 0.2) is 11.4 Å². The van der Waals surface area contributed by atoms with Gasteiger partial charge in [-0.3, -0.25) is 4.79 Å². The number of phenols is 1. The number of carbonyl (C=O) groups is 2. The zero-order chi connectivity index (χ0) is 23.7. The van der Waals surface area contributed by atoms with Gasteiger partial charge in [0.25, 0.3) is 0 Å². The molecule has 0 aliphatic rings. The Morgan fingerprint density at radius 2 is 1.62 bits per heavy atom. The highest BCUT2D eigenvalue weighted by molar-refractivity contribution is 6.10. The number of rotatable bonds is 5. The molecule has 166 valence electrons. The van der Waals surface area contributed by atoms with E-state index in [0.29, 0.717) is 22.6 Å². The van der Waals surface area contributed by atoms with Crippen LogP contribution in [0.15, 0.2) is 95.4 Å². The fourth-order valence-electron chi connectivity index (χ4n) is 3.55. The van der Waals surface area contributed by atoms with Crippen LogP contribution in [0.1, 0.15) is 31.8 Å². The number of phenolic OH excluding ortho intramolecular Hbond substituents is 1. The first-order chi connectivity index (χ1) is 16.5. The molecule has 0 aliphatic carbocycles. The minimum atomic E-state index is -0.622. The van der Waals surface area contributed by atoms with E-state index in [1.807, 2.05) is 31.2 Å². The second kappa shape index (κ2) is 8.67. The standard InChI is InChI=1S/C28H19NO5/c1-17-7-9-19(10-8-17)27-29-23-15-20(11-14-25(23)34-27)28(32)33-21-12-13-22(24(30)16-21)26(31)18-5-3-2-4-6-18/h2-16,30H,1H3. The Kier molecular flexibility index (Phi) is 5.40. The molecule has 34 heavy (non-hydrogen) atoms. The minimum absolute atomic E-state index is 0.118. The highest BCUT2D eigenvalue weighted by atomic mass is 16.5. The van der Waals surface area contributed by atoms with Crippen LogP contribution in [0.25, 0.3) is 22.6 Å². The van der Waals surface area contributed by atoms with Crippen LogP contribution in [0.2, 0.25) is 0 Å². The third kappa shape index (κ3) is 4.17. The Labute approximate surface area is 195 Å². The van der Waals surface area contributed by atoms with Crippen LogP contribution >= 0.6 is 0 Å². The van der Waals surface area contributed by atoms with Gasteiger partial charge in [0.05, 0.1) is 11.1 Å². The van der Waals surface area contributed by atoms with Crippen molar-refractivity contribution in [1.82, 2.24) is 4.98 Å². The summed E-state index contributed by atoms with van der Waals surface area (Å²) in [5, 5.41) is 10.3. The number of oxazole rings is 1. The molecule has 0 amide bonds. The van der Waals surface area contributed by atoms with E-state index in [0.717, 1.165) is 11.1 Å². The van der Waals surface area contributed by atoms with Crippen molar-refractivity contribution in [2.24, 2.45) is 0 Å². The number of ketones is 1. The largest absolute Gasteiger partial charge is 0.507 e. The van der Waals surface area contributed by atoms with E-state index in [4.69, 9.17) is 9.15 Å². The molecule has 6 heteroatoms. The molecule has 1 heterocycles. The number of fused-ring (bicyclic) bond motifs is 1. The molecule has 5 rings (SSSR count). The van der Waals surface area contributed by atoms with Gasteiger partial charge in [0.1, 0.15) is 17.0 Å². The van der Waals surface area contributed by atoms with Crippen molar-refractivity contribution in [3.05, 3.63) is 113 Å². The summed E-state index contributed by atoms with van der Waals surface area (Å²) in [5.41, 5.74) is 3.90. The van der Waals surface area contributed by atoms with E-state index < -0.39 is 5.97 Å². The Bertz CT molecular complexity index is 1520. The van der Waals surface area contributed by atoms with E-state index in [9.17, 15) is 14.7 Å². The molecule has 0 saturated heterocycles. The summed E-state index contributed by atoms with van der Waals surface area (Å²) in [6.45, 7) is 2.00. The van der Waals surface area contributed by atoms with Crippen molar-refractivity contribution in [1.29, 1.82) is 0 Å². The quantitative estimate of drug-likeness (QED) is 0.202. The van der Waals surface area contributed by atoms with Gasteiger partial charge in [-0.1, -0.05) is 48.0 Å². The zero-order valence-corrected chi connectivity index (χ0v) is 18.2. The van der Waals surface area contributed by atoms with Crippen LogP contribution in [0.5, 0.6) is 11.5 Å². The van der Waals surface area contributed by atoms with E-state index >= 15 is 0 Å². The maximum Gasteiger partial charge on any atom is 0.343 e. The molecule has 4 aromatic carbocycles. The molecule has 0 atom stereocenters. The average molecular weight is 449 g/mol. The summed E-state index contributed by atoms with van der Waals surface area (Å²) >= 11 is 0. The predicted octanol–water partition coefficient (Wildman–Crippen LogP) is 5.96. The molecule has 0 bridgehead atoms. The number of ether oxygens (including phenoxy) is 1. The molecule has 0 fully saturated rings. The summed E-state index contributed by atoms with van der Waals surface area (Å²) in [6, 6.07) is 25.4. The third-order valence-corrected chi connectivity index (χ3v) is 5.38. The van der Waals surface area contributed by atoms with Crippen molar-refractivity contribution in [3.63, 3.8) is 0 Å². The number of aryl methyl sites for hydroxylation is 1. The summed E-state index contributed by atoms with van der Waals surface area (Å²) < 4.78 is 11.2. The second-order valence-corrected chi connectivity index (χ2v) is 7.83. The minimum Gasteiger partial charge on any atom is -0.507 e. The normalized spacial score (nSPS) is 10.9. The fourth-order valence-corrected chi connectivity index (χ4v) is 3.55. The van der Waals surface area contributed by atoms with Crippen LogP contribution in [0, 0.1) is 6.92 Å². The summed E-state index contributed by atoms with van der Waals surface area (Å²) in [7, 11) is 0. The molecule has 0 spiro atoms. The van der Waals surface area contributed by atoms with E-state index in [1.165, 1.54) is 18.2 Å². The lowest BCUT2D eigenvalue weighted by molar-refractivity contribution is 0.0734. The number of benzene rings is 4. The first-order valence-corrected chi connectivity index (χ1v) is 10.6. The molecular formula is C28H19NO5. The third-order valence-electron chi connectivity index (χ3n) is 5.38. The van der Waals surface area contributed by atoms with Gasteiger partial charge >= 0.3 is 5.97 Å². The first kappa shape index (κ1) is 21.2. The molecule has 5 aromatic rings. The number of aromatic hydroxyl groups is 1. The number of nitrogens with zero attached hydrogens (tertiary/aromatic N) is 1. The van der Waals surface area contributed by atoms with Crippen LogP contribution in [0.4, 0.5) is 0 Å². The number of aromatic nitrogens is 1. The van der Waals surface area contributed by atoms with Gasteiger partial charge in [-0.2, -0.15) is 0 Å². The fraction of sp³-hybridized carbons (Fsp3) is 0.0357. The maximum atomic E-state index is 12.7. The highest BCUT2D eigenvalue weighted by Gasteiger charge is 2.17. The second-order valence-electron chi connectivity index (χ2n) is 7.83. The topological polar surface area (TPSA) is 89.6 Å². The van der Waals surface area contributed by atoms with Crippen LogP contribution in [0.3, 0.4) is 0 Å². The molecular weight excluding hydrogens is 430 g/mol. The average Bonchev–Trinajstić information content (AvgIpc) is 3.28. The number of hydrogen-bond acceptors (Lipinski definition) is 6. The maximum absolute atomic E-state index is 12.7. The molecule has 1 aromatic heterocycles. The van der Waals surface area contributed by atoms with Crippen molar-refractivity contribution in [2.45, 2.75) is 6.92 Å². The smallest absolute Gasteiger partial charge is 0.343 e. The lowest BCUT2D eigenvalue weighted by Crippen LogP contribution is -2.09.